The summed E-state index contributed by atoms with van der Waals surface area (Å²) in [6.07, 6.45) is 3.18. The zero-order valence-corrected chi connectivity index (χ0v) is 11.0. The Morgan fingerprint density at radius 3 is 2.88 bits per heavy atom. The first-order chi connectivity index (χ1) is 8.04. The van der Waals surface area contributed by atoms with Gasteiger partial charge in [-0.25, -0.2) is 0 Å². The van der Waals surface area contributed by atoms with E-state index in [2.05, 4.69) is 17.2 Å². The molecule has 0 radical (unpaired) electrons. The molecule has 1 aliphatic rings. The molecule has 1 amide bonds. The summed E-state index contributed by atoms with van der Waals surface area (Å²) in [7, 11) is 0. The molecule has 1 saturated heterocycles. The summed E-state index contributed by atoms with van der Waals surface area (Å²) >= 11 is 0. The van der Waals surface area contributed by atoms with Crippen molar-refractivity contribution in [2.75, 3.05) is 26.3 Å². The van der Waals surface area contributed by atoms with Crippen LogP contribution in [0.2, 0.25) is 0 Å². The molecule has 17 heavy (non-hydrogen) atoms. The van der Waals surface area contributed by atoms with Gasteiger partial charge in [0.2, 0.25) is 5.91 Å². The Hall–Kier alpha value is -0.870. The van der Waals surface area contributed by atoms with E-state index in [-0.39, 0.29) is 5.91 Å². The maximum Gasteiger partial charge on any atom is 0.240 e. The van der Waals surface area contributed by atoms with Crippen molar-refractivity contribution in [3.05, 3.63) is 12.2 Å². The summed E-state index contributed by atoms with van der Waals surface area (Å²) in [5, 5.41) is 6.20. The molecule has 1 aliphatic heterocycles. The number of carbonyl (C=O) groups excluding carboxylic acids is 1. The molecule has 0 spiro atoms. The molecule has 1 rings (SSSR count). The molecule has 4 heteroatoms. The van der Waals surface area contributed by atoms with Gasteiger partial charge in [-0.15, -0.1) is 0 Å². The van der Waals surface area contributed by atoms with Crippen LogP contribution < -0.4 is 10.6 Å². The fourth-order valence-electron chi connectivity index (χ4n) is 1.93. The van der Waals surface area contributed by atoms with Crippen LogP contribution in [0, 0.1) is 0 Å². The second-order valence-electron chi connectivity index (χ2n) is 4.98. The molecule has 98 valence electrons. The van der Waals surface area contributed by atoms with E-state index in [4.69, 9.17) is 4.74 Å². The van der Waals surface area contributed by atoms with Crippen molar-refractivity contribution >= 4 is 5.91 Å². The highest BCUT2D eigenvalue weighted by molar-refractivity contribution is 5.85. The number of amides is 1. The van der Waals surface area contributed by atoms with Gasteiger partial charge in [0.15, 0.2) is 0 Å². The minimum absolute atomic E-state index is 0.0797. The SMILES string of the molecule is C=C(C)COCCNC(=O)C1(C)CCCCN1. The van der Waals surface area contributed by atoms with E-state index < -0.39 is 5.54 Å². The van der Waals surface area contributed by atoms with Crippen LogP contribution in [0.15, 0.2) is 12.2 Å². The summed E-state index contributed by atoms with van der Waals surface area (Å²) in [5.41, 5.74) is 0.601. The van der Waals surface area contributed by atoms with Gasteiger partial charge < -0.3 is 15.4 Å². The Morgan fingerprint density at radius 1 is 1.53 bits per heavy atom. The second kappa shape index (κ2) is 6.77. The predicted octanol–water partition coefficient (Wildman–Crippen LogP) is 1.23. The third-order valence-corrected chi connectivity index (χ3v) is 3.00. The molecule has 2 N–H and O–H groups in total. The number of nitrogens with one attached hydrogen (secondary N) is 2. The normalized spacial score (nSPS) is 24.4. The molecule has 1 heterocycles. The summed E-state index contributed by atoms with van der Waals surface area (Å²) < 4.78 is 5.33. The minimum atomic E-state index is -0.396. The molecular weight excluding hydrogens is 216 g/mol. The highest BCUT2D eigenvalue weighted by Gasteiger charge is 2.33. The van der Waals surface area contributed by atoms with E-state index in [1.807, 2.05) is 13.8 Å². The lowest BCUT2D eigenvalue weighted by atomic mass is 9.90. The summed E-state index contributed by atoms with van der Waals surface area (Å²) in [6, 6.07) is 0. The highest BCUT2D eigenvalue weighted by Crippen LogP contribution is 2.18. The van der Waals surface area contributed by atoms with Gasteiger partial charge in [-0.3, -0.25) is 4.79 Å². The molecular formula is C13H24N2O2. The highest BCUT2D eigenvalue weighted by atomic mass is 16.5. The van der Waals surface area contributed by atoms with Crippen molar-refractivity contribution in [1.82, 2.24) is 10.6 Å². The third kappa shape index (κ3) is 4.88. The van der Waals surface area contributed by atoms with Crippen LogP contribution in [0.5, 0.6) is 0 Å². The van der Waals surface area contributed by atoms with Crippen molar-refractivity contribution in [1.29, 1.82) is 0 Å². The number of hydrogen-bond donors (Lipinski definition) is 2. The van der Waals surface area contributed by atoms with Gasteiger partial charge in [-0.2, -0.15) is 0 Å². The third-order valence-electron chi connectivity index (χ3n) is 3.00. The van der Waals surface area contributed by atoms with Gasteiger partial charge >= 0.3 is 0 Å². The van der Waals surface area contributed by atoms with Gasteiger partial charge in [0.1, 0.15) is 0 Å². The van der Waals surface area contributed by atoms with Crippen LogP contribution >= 0.6 is 0 Å². The van der Waals surface area contributed by atoms with E-state index in [0.717, 1.165) is 31.4 Å². The van der Waals surface area contributed by atoms with E-state index in [1.165, 1.54) is 0 Å². The van der Waals surface area contributed by atoms with Crippen LogP contribution in [-0.2, 0) is 9.53 Å². The standard InChI is InChI=1S/C13H24N2O2/c1-11(2)10-17-9-8-14-12(16)13(3)6-4-5-7-15-13/h15H,1,4-10H2,2-3H3,(H,14,16). The molecule has 1 unspecified atom stereocenters. The van der Waals surface area contributed by atoms with Gasteiger partial charge in [-0.05, 0) is 39.7 Å². The number of ether oxygens (including phenoxy) is 1. The summed E-state index contributed by atoms with van der Waals surface area (Å²) in [6.45, 7) is 10.2. The zero-order valence-electron chi connectivity index (χ0n) is 11.0. The van der Waals surface area contributed by atoms with Crippen molar-refractivity contribution < 1.29 is 9.53 Å². The van der Waals surface area contributed by atoms with Crippen molar-refractivity contribution in [3.63, 3.8) is 0 Å². The monoisotopic (exact) mass is 240 g/mol. The van der Waals surface area contributed by atoms with E-state index in [0.29, 0.717) is 19.8 Å². The first-order valence-electron chi connectivity index (χ1n) is 6.30. The van der Waals surface area contributed by atoms with Crippen LogP contribution in [0.25, 0.3) is 0 Å². The van der Waals surface area contributed by atoms with Crippen LogP contribution in [0.1, 0.15) is 33.1 Å². The Kier molecular flexibility index (Phi) is 5.65. The summed E-state index contributed by atoms with van der Waals surface area (Å²) in [5.74, 6) is 0.0797. The molecule has 1 fully saturated rings. The first kappa shape index (κ1) is 14.2. The lowest BCUT2D eigenvalue weighted by Gasteiger charge is -2.33. The van der Waals surface area contributed by atoms with Gasteiger partial charge in [0, 0.05) is 6.54 Å². The van der Waals surface area contributed by atoms with Gasteiger partial charge in [-0.1, -0.05) is 12.2 Å². The quantitative estimate of drug-likeness (QED) is 0.542. The van der Waals surface area contributed by atoms with Gasteiger partial charge in [0.05, 0.1) is 18.8 Å². The smallest absolute Gasteiger partial charge is 0.240 e. The lowest BCUT2D eigenvalue weighted by Crippen LogP contribution is -2.57. The predicted molar refractivity (Wildman–Crippen MR) is 68.9 cm³/mol. The molecule has 0 aromatic carbocycles. The molecule has 4 nitrogen and oxygen atoms in total. The molecule has 0 bridgehead atoms. The van der Waals surface area contributed by atoms with Gasteiger partial charge in [0.25, 0.3) is 0 Å². The Balaban J connectivity index is 2.17. The van der Waals surface area contributed by atoms with Crippen molar-refractivity contribution in [2.24, 2.45) is 0 Å². The number of rotatable bonds is 6. The van der Waals surface area contributed by atoms with Crippen LogP contribution in [0.4, 0.5) is 0 Å². The van der Waals surface area contributed by atoms with Crippen molar-refractivity contribution in [2.45, 2.75) is 38.6 Å². The van der Waals surface area contributed by atoms with Crippen LogP contribution in [0.3, 0.4) is 0 Å². The van der Waals surface area contributed by atoms with E-state index in [1.54, 1.807) is 0 Å². The molecule has 0 saturated carbocycles. The van der Waals surface area contributed by atoms with Crippen molar-refractivity contribution in [3.8, 4) is 0 Å². The Labute approximate surface area is 104 Å². The fraction of sp³-hybridized carbons (Fsp3) is 0.769. The largest absolute Gasteiger partial charge is 0.375 e. The lowest BCUT2D eigenvalue weighted by molar-refractivity contribution is -0.128. The topological polar surface area (TPSA) is 50.4 Å². The summed E-state index contributed by atoms with van der Waals surface area (Å²) in [4.78, 5) is 12.0. The molecule has 0 aliphatic carbocycles. The molecule has 1 atom stereocenters. The number of piperidine rings is 1. The average Bonchev–Trinajstić information content (AvgIpc) is 2.29. The Morgan fingerprint density at radius 2 is 2.29 bits per heavy atom. The fourth-order valence-corrected chi connectivity index (χ4v) is 1.93. The number of carbonyl (C=O) groups is 1. The maximum absolute atomic E-state index is 12.0. The number of hydrogen-bond acceptors (Lipinski definition) is 3. The maximum atomic E-state index is 12.0. The molecule has 0 aromatic heterocycles. The zero-order chi connectivity index (χ0) is 12.7. The Bertz CT molecular complexity index is 271. The average molecular weight is 240 g/mol. The minimum Gasteiger partial charge on any atom is -0.375 e. The van der Waals surface area contributed by atoms with E-state index in [9.17, 15) is 4.79 Å². The van der Waals surface area contributed by atoms with Crippen LogP contribution in [-0.4, -0.2) is 37.7 Å². The van der Waals surface area contributed by atoms with E-state index >= 15 is 0 Å². The first-order valence-corrected chi connectivity index (χ1v) is 6.30. The second-order valence-corrected chi connectivity index (χ2v) is 4.98. The molecule has 0 aromatic rings.